The average molecular weight is 506 g/mol. The highest BCUT2D eigenvalue weighted by molar-refractivity contribution is 7.98. The number of rotatable bonds is 10. The average Bonchev–Trinajstić information content (AvgIpc) is 3.19. The number of nitrogens with zero attached hydrogens (tertiary/aromatic N) is 1. The van der Waals surface area contributed by atoms with E-state index in [-0.39, 0.29) is 29.7 Å². The van der Waals surface area contributed by atoms with Crippen molar-refractivity contribution in [3.63, 3.8) is 0 Å². The zero-order valence-electron chi connectivity index (χ0n) is 21.4. The van der Waals surface area contributed by atoms with Crippen molar-refractivity contribution in [1.29, 1.82) is 0 Å². The van der Waals surface area contributed by atoms with E-state index in [1.807, 2.05) is 24.3 Å². The maximum atomic E-state index is 13.1. The number of hydrogen-bond acceptors (Lipinski definition) is 5. The van der Waals surface area contributed by atoms with Gasteiger partial charge in [-0.3, -0.25) is 19.7 Å². The predicted octanol–water partition coefficient (Wildman–Crippen LogP) is 4.88. The summed E-state index contributed by atoms with van der Waals surface area (Å²) in [4.78, 5) is 39.6. The van der Waals surface area contributed by atoms with Gasteiger partial charge in [-0.2, -0.15) is 0 Å². The molecule has 0 aromatic heterocycles. The molecule has 0 radical (unpaired) electrons. The summed E-state index contributed by atoms with van der Waals surface area (Å²) in [6.07, 6.45) is 4.58. The van der Waals surface area contributed by atoms with Crippen LogP contribution in [0.25, 0.3) is 0 Å². The van der Waals surface area contributed by atoms with Gasteiger partial charge in [0, 0.05) is 41.3 Å². The molecular formula is C29H35N3O3S. The van der Waals surface area contributed by atoms with E-state index in [1.54, 1.807) is 16.7 Å². The first-order valence-corrected chi connectivity index (χ1v) is 13.6. The zero-order valence-corrected chi connectivity index (χ0v) is 22.2. The number of thioether (sulfide) groups is 1. The third kappa shape index (κ3) is 5.57. The lowest BCUT2D eigenvalue weighted by atomic mass is 9.94. The molecule has 1 fully saturated rings. The Kier molecular flexibility index (Phi) is 8.00. The van der Waals surface area contributed by atoms with Crippen LogP contribution in [0.3, 0.4) is 0 Å². The number of benzene rings is 2. The fourth-order valence-electron chi connectivity index (χ4n) is 4.85. The minimum absolute atomic E-state index is 0.0526. The smallest absolute Gasteiger partial charge is 0.255 e. The van der Waals surface area contributed by atoms with E-state index in [0.29, 0.717) is 18.5 Å². The van der Waals surface area contributed by atoms with Crippen molar-refractivity contribution in [3.8, 4) is 0 Å². The van der Waals surface area contributed by atoms with Gasteiger partial charge in [-0.1, -0.05) is 37.3 Å². The summed E-state index contributed by atoms with van der Waals surface area (Å²) in [6, 6.07) is 11.8. The number of piperidine rings is 1. The van der Waals surface area contributed by atoms with Gasteiger partial charge in [0.05, 0.1) is 0 Å². The minimum Gasteiger partial charge on any atom is -0.322 e. The van der Waals surface area contributed by atoms with E-state index in [2.05, 4.69) is 56.2 Å². The molecule has 6 nitrogen and oxygen atoms in total. The lowest BCUT2D eigenvalue weighted by molar-refractivity contribution is -0.136. The second-order valence-corrected chi connectivity index (χ2v) is 11.0. The first-order chi connectivity index (χ1) is 17.2. The molecule has 2 unspecified atom stereocenters. The normalized spacial score (nSPS) is 19.1. The highest BCUT2D eigenvalue weighted by Crippen LogP contribution is 2.36. The molecule has 1 saturated heterocycles. The molecule has 0 spiro atoms. The monoisotopic (exact) mass is 505 g/mol. The molecule has 0 saturated carbocycles. The molecule has 4 rings (SSSR count). The van der Waals surface area contributed by atoms with E-state index < -0.39 is 6.04 Å². The molecule has 2 aromatic carbocycles. The maximum absolute atomic E-state index is 13.1. The molecule has 2 aliphatic rings. The van der Waals surface area contributed by atoms with Crippen molar-refractivity contribution in [2.24, 2.45) is 0 Å². The van der Waals surface area contributed by atoms with Crippen LogP contribution in [-0.4, -0.2) is 34.2 Å². The van der Waals surface area contributed by atoms with Crippen molar-refractivity contribution in [2.75, 3.05) is 0 Å². The quantitative estimate of drug-likeness (QED) is 0.273. The summed E-state index contributed by atoms with van der Waals surface area (Å²) in [5.74, 6) is 0.0113. The molecule has 2 aromatic rings. The fourth-order valence-corrected chi connectivity index (χ4v) is 6.01. The predicted molar refractivity (Wildman–Crippen MR) is 144 cm³/mol. The summed E-state index contributed by atoms with van der Waals surface area (Å²) in [5, 5.41) is 6.04. The number of aryl methyl sites for hydroxylation is 1. The fraction of sp³-hybridized carbons (Fsp3) is 0.414. The SMILES string of the molecule is C=CCC(C)(CC)NCc1ccc(CSc2cccc3c2CN(C2CCC(=O)NC2=O)C3=O)c(C)c1. The second kappa shape index (κ2) is 11.0. The third-order valence-corrected chi connectivity index (χ3v) is 8.57. The molecule has 2 N–H and O–H groups in total. The summed E-state index contributed by atoms with van der Waals surface area (Å²) in [5.41, 5.74) is 5.44. The highest BCUT2D eigenvalue weighted by Gasteiger charge is 2.39. The molecular weight excluding hydrogens is 470 g/mol. The molecule has 2 aliphatic heterocycles. The Morgan fingerprint density at radius 1 is 1.25 bits per heavy atom. The van der Waals surface area contributed by atoms with E-state index in [4.69, 9.17) is 0 Å². The van der Waals surface area contributed by atoms with Crippen molar-refractivity contribution >= 4 is 29.5 Å². The van der Waals surface area contributed by atoms with Crippen LogP contribution in [0, 0.1) is 6.92 Å². The largest absolute Gasteiger partial charge is 0.322 e. The van der Waals surface area contributed by atoms with Gasteiger partial charge in [0.25, 0.3) is 5.91 Å². The van der Waals surface area contributed by atoms with Crippen LogP contribution in [-0.2, 0) is 28.4 Å². The summed E-state index contributed by atoms with van der Waals surface area (Å²) in [6.45, 7) is 11.7. The summed E-state index contributed by atoms with van der Waals surface area (Å²) in [7, 11) is 0. The molecule has 7 heteroatoms. The van der Waals surface area contributed by atoms with Crippen LogP contribution in [0.2, 0.25) is 0 Å². The Balaban J connectivity index is 1.42. The molecule has 0 aliphatic carbocycles. The Labute approximate surface area is 217 Å². The van der Waals surface area contributed by atoms with Gasteiger partial charge in [-0.25, -0.2) is 0 Å². The Hall–Kier alpha value is -2.90. The number of carbonyl (C=O) groups excluding carboxylic acids is 3. The van der Waals surface area contributed by atoms with Crippen LogP contribution in [0.1, 0.15) is 72.1 Å². The molecule has 190 valence electrons. The number of amides is 3. The van der Waals surface area contributed by atoms with Gasteiger partial charge in [-0.15, -0.1) is 18.3 Å². The second-order valence-electron chi connectivity index (χ2n) is 9.99. The van der Waals surface area contributed by atoms with Gasteiger partial charge in [0.2, 0.25) is 11.8 Å². The van der Waals surface area contributed by atoms with Crippen molar-refractivity contribution in [3.05, 3.63) is 76.9 Å². The van der Waals surface area contributed by atoms with Gasteiger partial charge in [0.1, 0.15) is 6.04 Å². The number of hydrogen-bond donors (Lipinski definition) is 2. The third-order valence-electron chi connectivity index (χ3n) is 7.42. The van der Waals surface area contributed by atoms with Crippen molar-refractivity contribution in [2.45, 2.75) is 81.8 Å². The van der Waals surface area contributed by atoms with Gasteiger partial charge in [-0.05, 0) is 67.5 Å². The lowest BCUT2D eigenvalue weighted by Gasteiger charge is -2.29. The van der Waals surface area contributed by atoms with Crippen LogP contribution < -0.4 is 10.6 Å². The first-order valence-electron chi connectivity index (χ1n) is 12.6. The van der Waals surface area contributed by atoms with E-state index in [0.717, 1.165) is 35.6 Å². The number of nitrogens with one attached hydrogen (secondary N) is 2. The summed E-state index contributed by atoms with van der Waals surface area (Å²) >= 11 is 1.72. The van der Waals surface area contributed by atoms with Gasteiger partial charge in [0.15, 0.2) is 0 Å². The lowest BCUT2D eigenvalue weighted by Crippen LogP contribution is -2.52. The first kappa shape index (κ1) is 26.2. The van der Waals surface area contributed by atoms with E-state index >= 15 is 0 Å². The summed E-state index contributed by atoms with van der Waals surface area (Å²) < 4.78 is 0. The number of carbonyl (C=O) groups is 3. The topological polar surface area (TPSA) is 78.5 Å². The van der Waals surface area contributed by atoms with Gasteiger partial charge < -0.3 is 10.2 Å². The van der Waals surface area contributed by atoms with Gasteiger partial charge >= 0.3 is 0 Å². The molecule has 36 heavy (non-hydrogen) atoms. The Bertz CT molecular complexity index is 1190. The highest BCUT2D eigenvalue weighted by atomic mass is 32.2. The standard InChI is InChI=1S/C29H35N3O3S/c1-5-14-29(4,6-2)30-16-20-10-11-21(19(3)15-20)18-36-25-9-7-8-22-23(25)17-32(28(22)35)24-12-13-26(33)31-27(24)34/h5,7-11,15,24,30H,1,6,12-14,16-18H2,2-4H3,(H,31,33,34). The van der Waals surface area contributed by atoms with Crippen molar-refractivity contribution in [1.82, 2.24) is 15.5 Å². The number of imide groups is 1. The van der Waals surface area contributed by atoms with Crippen molar-refractivity contribution < 1.29 is 14.4 Å². The van der Waals surface area contributed by atoms with Crippen LogP contribution in [0.15, 0.2) is 53.9 Å². The van der Waals surface area contributed by atoms with E-state index in [9.17, 15) is 14.4 Å². The minimum atomic E-state index is -0.593. The Morgan fingerprint density at radius 3 is 2.75 bits per heavy atom. The number of fused-ring (bicyclic) bond motifs is 1. The molecule has 2 atom stereocenters. The molecule has 2 heterocycles. The molecule has 0 bridgehead atoms. The van der Waals surface area contributed by atoms with Crippen LogP contribution >= 0.6 is 11.8 Å². The van der Waals surface area contributed by atoms with Crippen LogP contribution in [0.5, 0.6) is 0 Å². The maximum Gasteiger partial charge on any atom is 0.255 e. The van der Waals surface area contributed by atoms with E-state index in [1.165, 1.54) is 16.7 Å². The Morgan fingerprint density at radius 2 is 2.06 bits per heavy atom. The van der Waals surface area contributed by atoms with Crippen LogP contribution in [0.4, 0.5) is 0 Å². The molecule has 3 amide bonds. The zero-order chi connectivity index (χ0) is 25.9.